The molecule has 1 amide bonds. The second-order valence-electron chi connectivity index (χ2n) is 4.24. The molecule has 1 unspecified atom stereocenters. The highest BCUT2D eigenvalue weighted by molar-refractivity contribution is 9.10. The molecule has 18 heavy (non-hydrogen) atoms. The first-order valence-electron chi connectivity index (χ1n) is 5.85. The molecule has 0 aliphatic carbocycles. The van der Waals surface area contributed by atoms with Crippen LogP contribution in [0, 0.1) is 11.3 Å². The number of rotatable bonds is 2. The number of carbonyl (C=O) groups excluding carboxylic acids is 1. The zero-order valence-corrected chi connectivity index (χ0v) is 11.5. The highest BCUT2D eigenvalue weighted by Gasteiger charge is 2.25. The summed E-state index contributed by atoms with van der Waals surface area (Å²) in [4.78, 5) is 13.8. The monoisotopic (exact) mass is 307 g/mol. The van der Waals surface area contributed by atoms with Gasteiger partial charge in [-0.15, -0.1) is 0 Å². The molecule has 5 heteroatoms. The van der Waals surface area contributed by atoms with Crippen molar-refractivity contribution in [3.8, 4) is 6.07 Å². The topological polar surface area (TPSA) is 56.1 Å². The van der Waals surface area contributed by atoms with E-state index in [1.165, 1.54) is 0 Å². The highest BCUT2D eigenvalue weighted by Crippen LogP contribution is 2.14. The molecule has 0 saturated carbocycles. The van der Waals surface area contributed by atoms with Crippen LogP contribution in [0.4, 0.5) is 0 Å². The molecule has 1 N–H and O–H groups in total. The quantitative estimate of drug-likeness (QED) is 0.896. The Morgan fingerprint density at radius 2 is 2.44 bits per heavy atom. The number of carbonyl (C=O) groups is 1. The van der Waals surface area contributed by atoms with E-state index in [0.717, 1.165) is 16.6 Å². The van der Waals surface area contributed by atoms with E-state index in [2.05, 4.69) is 27.3 Å². The molecule has 0 spiro atoms. The van der Waals surface area contributed by atoms with Crippen LogP contribution in [0.15, 0.2) is 28.7 Å². The van der Waals surface area contributed by atoms with E-state index in [9.17, 15) is 4.79 Å². The molecule has 1 saturated heterocycles. The summed E-state index contributed by atoms with van der Waals surface area (Å²) in [7, 11) is 0. The minimum absolute atomic E-state index is 0.0150. The minimum Gasteiger partial charge on any atom is -0.324 e. The lowest BCUT2D eigenvalue weighted by atomic mass is 10.1. The largest absolute Gasteiger partial charge is 0.324 e. The van der Waals surface area contributed by atoms with Crippen molar-refractivity contribution in [1.29, 1.82) is 5.26 Å². The molecule has 0 aromatic heterocycles. The van der Waals surface area contributed by atoms with Gasteiger partial charge in [-0.1, -0.05) is 28.1 Å². The number of halogens is 1. The fourth-order valence-electron chi connectivity index (χ4n) is 2.04. The van der Waals surface area contributed by atoms with Gasteiger partial charge in [-0.3, -0.25) is 4.79 Å². The predicted molar refractivity (Wildman–Crippen MR) is 71.8 cm³/mol. The first kappa shape index (κ1) is 13.1. The van der Waals surface area contributed by atoms with Crippen LogP contribution in [0.5, 0.6) is 0 Å². The molecule has 2 rings (SSSR count). The van der Waals surface area contributed by atoms with Gasteiger partial charge >= 0.3 is 0 Å². The Kier molecular flexibility index (Phi) is 4.34. The van der Waals surface area contributed by atoms with E-state index in [0.29, 0.717) is 19.5 Å². The van der Waals surface area contributed by atoms with Crippen LogP contribution in [-0.2, 0) is 11.2 Å². The van der Waals surface area contributed by atoms with E-state index >= 15 is 0 Å². The molecule has 94 valence electrons. The average molecular weight is 308 g/mol. The maximum atomic E-state index is 12.2. The molecule has 1 aromatic rings. The van der Waals surface area contributed by atoms with Crippen LogP contribution < -0.4 is 5.32 Å². The lowest BCUT2D eigenvalue weighted by Gasteiger charge is -2.32. The maximum absolute atomic E-state index is 12.2. The fraction of sp³-hybridized carbons (Fsp3) is 0.385. The highest BCUT2D eigenvalue weighted by atomic mass is 79.9. The van der Waals surface area contributed by atoms with Gasteiger partial charge in [0.05, 0.1) is 12.5 Å². The van der Waals surface area contributed by atoms with Crippen molar-refractivity contribution in [2.45, 2.75) is 12.5 Å². The number of piperazine rings is 1. The van der Waals surface area contributed by atoms with E-state index in [1.807, 2.05) is 24.3 Å². The number of benzene rings is 1. The summed E-state index contributed by atoms with van der Waals surface area (Å²) in [5, 5.41) is 12.1. The second-order valence-corrected chi connectivity index (χ2v) is 5.16. The van der Waals surface area contributed by atoms with Crippen LogP contribution in [0.3, 0.4) is 0 Å². The van der Waals surface area contributed by atoms with Crippen LogP contribution in [-0.4, -0.2) is 36.5 Å². The van der Waals surface area contributed by atoms with Gasteiger partial charge in [0.1, 0.15) is 6.04 Å². The van der Waals surface area contributed by atoms with Crippen LogP contribution in [0.2, 0.25) is 0 Å². The summed E-state index contributed by atoms with van der Waals surface area (Å²) in [6.07, 6.45) is 0.345. The zero-order valence-electron chi connectivity index (χ0n) is 9.90. The Balaban J connectivity index is 2.05. The van der Waals surface area contributed by atoms with Gasteiger partial charge in [0, 0.05) is 24.1 Å². The molecule has 1 heterocycles. The number of nitrogens with zero attached hydrogens (tertiary/aromatic N) is 2. The first-order chi connectivity index (χ1) is 8.70. The summed E-state index contributed by atoms with van der Waals surface area (Å²) in [6.45, 7) is 1.91. The lowest BCUT2D eigenvalue weighted by Crippen LogP contribution is -2.53. The van der Waals surface area contributed by atoms with Crippen molar-refractivity contribution in [2.24, 2.45) is 0 Å². The van der Waals surface area contributed by atoms with E-state index in [1.54, 1.807) is 4.90 Å². The number of hydrogen-bond acceptors (Lipinski definition) is 3. The van der Waals surface area contributed by atoms with Gasteiger partial charge < -0.3 is 10.2 Å². The number of amides is 1. The van der Waals surface area contributed by atoms with Crippen LogP contribution >= 0.6 is 15.9 Å². The number of nitriles is 1. The number of hydrogen-bond donors (Lipinski definition) is 1. The summed E-state index contributed by atoms with van der Waals surface area (Å²) in [6, 6.07) is 9.51. The van der Waals surface area contributed by atoms with Gasteiger partial charge in [0.2, 0.25) is 5.91 Å². The Morgan fingerprint density at radius 1 is 1.61 bits per heavy atom. The predicted octanol–water partition coefficient (Wildman–Crippen LogP) is 1.32. The fourth-order valence-corrected chi connectivity index (χ4v) is 2.49. The third kappa shape index (κ3) is 3.09. The Bertz CT molecular complexity index is 483. The SMILES string of the molecule is N#CC1CNCCN1C(=O)Cc1cccc(Br)c1. The van der Waals surface area contributed by atoms with Crippen LogP contribution in [0.1, 0.15) is 5.56 Å². The smallest absolute Gasteiger partial charge is 0.228 e. The maximum Gasteiger partial charge on any atom is 0.228 e. The van der Waals surface area contributed by atoms with E-state index in [-0.39, 0.29) is 11.9 Å². The van der Waals surface area contributed by atoms with Gasteiger partial charge in [-0.25, -0.2) is 0 Å². The molecule has 0 radical (unpaired) electrons. The Labute approximate surface area is 115 Å². The zero-order chi connectivity index (χ0) is 13.0. The van der Waals surface area contributed by atoms with Crippen molar-refractivity contribution in [3.05, 3.63) is 34.3 Å². The number of nitrogens with one attached hydrogen (secondary N) is 1. The van der Waals surface area contributed by atoms with Gasteiger partial charge in [0.15, 0.2) is 0 Å². The summed E-state index contributed by atoms with van der Waals surface area (Å²) in [5.41, 5.74) is 0.963. The van der Waals surface area contributed by atoms with Gasteiger partial charge in [-0.05, 0) is 17.7 Å². The van der Waals surface area contributed by atoms with Gasteiger partial charge in [0.25, 0.3) is 0 Å². The van der Waals surface area contributed by atoms with Crippen molar-refractivity contribution in [2.75, 3.05) is 19.6 Å². The standard InChI is InChI=1S/C13H14BrN3O/c14-11-3-1-2-10(6-11)7-13(18)17-5-4-16-9-12(17)8-15/h1-3,6,12,16H,4-5,7,9H2. The van der Waals surface area contributed by atoms with Crippen molar-refractivity contribution < 1.29 is 4.79 Å². The molecule has 1 aliphatic heterocycles. The second kappa shape index (κ2) is 5.98. The molecular formula is C13H14BrN3O. The van der Waals surface area contributed by atoms with Crippen molar-refractivity contribution in [1.82, 2.24) is 10.2 Å². The molecule has 1 atom stereocenters. The van der Waals surface area contributed by atoms with E-state index < -0.39 is 0 Å². The van der Waals surface area contributed by atoms with E-state index in [4.69, 9.17) is 5.26 Å². The minimum atomic E-state index is -0.349. The summed E-state index contributed by atoms with van der Waals surface area (Å²) >= 11 is 3.39. The normalized spacial score (nSPS) is 19.3. The Hall–Kier alpha value is -1.38. The molecular weight excluding hydrogens is 294 g/mol. The van der Waals surface area contributed by atoms with Crippen molar-refractivity contribution in [3.63, 3.8) is 0 Å². The molecule has 0 bridgehead atoms. The Morgan fingerprint density at radius 3 is 3.17 bits per heavy atom. The molecule has 4 nitrogen and oxygen atoms in total. The first-order valence-corrected chi connectivity index (χ1v) is 6.64. The third-order valence-electron chi connectivity index (χ3n) is 2.96. The van der Waals surface area contributed by atoms with Gasteiger partial charge in [-0.2, -0.15) is 5.26 Å². The summed E-state index contributed by atoms with van der Waals surface area (Å²) < 4.78 is 0.963. The molecule has 1 fully saturated rings. The van der Waals surface area contributed by atoms with Crippen LogP contribution in [0.25, 0.3) is 0 Å². The molecule has 1 aromatic carbocycles. The summed E-state index contributed by atoms with van der Waals surface area (Å²) in [5.74, 6) is 0.0150. The van der Waals surface area contributed by atoms with Crippen molar-refractivity contribution >= 4 is 21.8 Å². The average Bonchev–Trinajstić information content (AvgIpc) is 2.38. The lowest BCUT2D eigenvalue weighted by molar-refractivity contribution is -0.132. The molecule has 1 aliphatic rings. The third-order valence-corrected chi connectivity index (χ3v) is 3.45.